The maximum absolute atomic E-state index is 6.28. The van der Waals surface area contributed by atoms with Crippen LogP contribution in [0.2, 0.25) is 0 Å². The van der Waals surface area contributed by atoms with Crippen LogP contribution < -0.4 is 0 Å². The molecule has 1 saturated heterocycles. The summed E-state index contributed by atoms with van der Waals surface area (Å²) in [6, 6.07) is 17.9. The van der Waals surface area contributed by atoms with Gasteiger partial charge in [-0.2, -0.15) is 0 Å². The molecule has 4 aliphatic rings. The molecule has 2 atom stereocenters. The minimum atomic E-state index is 0. The fourth-order valence-corrected chi connectivity index (χ4v) is 5.22. The molecule has 0 N–H and O–H groups in total. The number of piperidine rings is 1. The van der Waals surface area contributed by atoms with Crippen molar-refractivity contribution in [2.45, 2.75) is 25.0 Å². The third kappa shape index (κ3) is 2.49. The predicted octanol–water partition coefficient (Wildman–Crippen LogP) is 5.20. The summed E-state index contributed by atoms with van der Waals surface area (Å²) in [4.78, 5) is 2.44. The molecule has 142 valence electrons. The van der Waals surface area contributed by atoms with Crippen LogP contribution >= 0.6 is 12.4 Å². The van der Waals surface area contributed by atoms with Crippen LogP contribution in [0.3, 0.4) is 0 Å². The number of likely N-dealkylation sites (tertiary alicyclic amines) is 1. The minimum absolute atomic E-state index is 0. The van der Waals surface area contributed by atoms with Crippen LogP contribution in [0.25, 0.3) is 16.7 Å². The number of fused-ring (bicyclic) bond motifs is 8. The molecule has 0 spiro atoms. The summed E-state index contributed by atoms with van der Waals surface area (Å²) in [5.74, 6) is 0. The molecule has 2 nitrogen and oxygen atoms in total. The van der Waals surface area contributed by atoms with Gasteiger partial charge in [-0.05, 0) is 58.9 Å². The van der Waals surface area contributed by atoms with Gasteiger partial charge >= 0.3 is 0 Å². The van der Waals surface area contributed by atoms with Gasteiger partial charge < -0.3 is 9.64 Å². The lowest BCUT2D eigenvalue weighted by Gasteiger charge is -2.28. The van der Waals surface area contributed by atoms with Crippen LogP contribution in [0, 0.1) is 0 Å². The molecule has 6 rings (SSSR count). The van der Waals surface area contributed by atoms with Gasteiger partial charge in [0.2, 0.25) is 0 Å². The molecule has 1 fully saturated rings. The van der Waals surface area contributed by atoms with Crippen molar-refractivity contribution in [2.24, 2.45) is 0 Å². The Bertz CT molecular complexity index is 971. The molecule has 0 amide bonds. The van der Waals surface area contributed by atoms with Crippen molar-refractivity contribution in [3.05, 3.63) is 88.5 Å². The Labute approximate surface area is 172 Å². The highest BCUT2D eigenvalue weighted by Crippen LogP contribution is 2.52. The van der Waals surface area contributed by atoms with E-state index in [2.05, 4.69) is 72.6 Å². The Morgan fingerprint density at radius 3 is 1.71 bits per heavy atom. The van der Waals surface area contributed by atoms with E-state index in [1.165, 1.54) is 39.0 Å². The van der Waals surface area contributed by atoms with E-state index < -0.39 is 0 Å². The zero-order chi connectivity index (χ0) is 18.0. The number of nitrogens with zero attached hydrogens (tertiary/aromatic N) is 1. The Hall–Kier alpha value is -2.13. The standard InChI is InChI=1S/C25H23NO.ClH/c1-26-14-12-16(13-15-26)23-17-6-2-4-8-19(17)24-21-10-11-22(27-21)25(24)20-9-5-3-7-18(20)23;/h2-11,21-22H,12-15H2,1H3;1H. The summed E-state index contributed by atoms with van der Waals surface area (Å²) >= 11 is 0. The smallest absolute Gasteiger partial charge is 0.103 e. The van der Waals surface area contributed by atoms with Gasteiger partial charge in [0.05, 0.1) is 0 Å². The topological polar surface area (TPSA) is 12.5 Å². The SMILES string of the molecule is CN1CCC(=C2c3ccccc3C3=C(c4ccccc42)C2C=CC3O2)CC1.Cl. The van der Waals surface area contributed by atoms with Crippen molar-refractivity contribution < 1.29 is 4.74 Å². The highest BCUT2D eigenvalue weighted by Gasteiger charge is 2.41. The average Bonchev–Trinajstić information content (AvgIpc) is 3.29. The van der Waals surface area contributed by atoms with Crippen LogP contribution in [0.5, 0.6) is 0 Å². The summed E-state index contributed by atoms with van der Waals surface area (Å²) in [6.45, 7) is 2.29. The number of hydrogen-bond acceptors (Lipinski definition) is 2. The molecule has 3 heteroatoms. The van der Waals surface area contributed by atoms with Gasteiger partial charge in [-0.3, -0.25) is 0 Å². The second kappa shape index (κ2) is 6.73. The molecule has 2 bridgehead atoms. The fraction of sp³-hybridized carbons (Fsp3) is 0.280. The van der Waals surface area contributed by atoms with E-state index in [4.69, 9.17) is 4.74 Å². The Morgan fingerprint density at radius 1 is 0.750 bits per heavy atom. The van der Waals surface area contributed by atoms with E-state index in [1.54, 1.807) is 5.57 Å². The molecule has 2 aromatic carbocycles. The lowest BCUT2D eigenvalue weighted by molar-refractivity contribution is 0.143. The van der Waals surface area contributed by atoms with E-state index in [-0.39, 0.29) is 24.6 Å². The van der Waals surface area contributed by atoms with Crippen molar-refractivity contribution in [3.8, 4) is 0 Å². The van der Waals surface area contributed by atoms with Crippen LogP contribution in [-0.4, -0.2) is 37.2 Å². The summed E-state index contributed by atoms with van der Waals surface area (Å²) in [6.07, 6.45) is 6.97. The van der Waals surface area contributed by atoms with Gasteiger partial charge in [0.1, 0.15) is 12.2 Å². The van der Waals surface area contributed by atoms with E-state index in [9.17, 15) is 0 Å². The molecular formula is C25H24ClNO. The van der Waals surface area contributed by atoms with E-state index in [1.807, 2.05) is 0 Å². The second-order valence-electron chi connectivity index (χ2n) is 8.06. The monoisotopic (exact) mass is 389 g/mol. The van der Waals surface area contributed by atoms with Crippen LogP contribution in [0.4, 0.5) is 0 Å². The summed E-state index contributed by atoms with van der Waals surface area (Å²) < 4.78 is 6.28. The normalized spacial score (nSPS) is 25.2. The maximum atomic E-state index is 6.28. The van der Waals surface area contributed by atoms with Crippen LogP contribution in [0.1, 0.15) is 35.1 Å². The number of ether oxygens (including phenoxy) is 1. The first-order chi connectivity index (χ1) is 13.3. The predicted molar refractivity (Wildman–Crippen MR) is 118 cm³/mol. The third-order valence-electron chi connectivity index (χ3n) is 6.53. The summed E-state index contributed by atoms with van der Waals surface area (Å²) in [5.41, 5.74) is 11.4. The number of halogens is 1. The Morgan fingerprint density at radius 2 is 1.21 bits per heavy atom. The zero-order valence-corrected chi connectivity index (χ0v) is 16.8. The first-order valence-electron chi connectivity index (χ1n) is 9.99. The van der Waals surface area contributed by atoms with Gasteiger partial charge in [0, 0.05) is 13.1 Å². The average molecular weight is 390 g/mol. The molecular weight excluding hydrogens is 366 g/mol. The van der Waals surface area contributed by atoms with Gasteiger partial charge in [-0.1, -0.05) is 66.3 Å². The molecule has 0 radical (unpaired) electrons. The molecule has 0 aromatic heterocycles. The van der Waals surface area contributed by atoms with Gasteiger partial charge in [0.25, 0.3) is 0 Å². The summed E-state index contributed by atoms with van der Waals surface area (Å²) in [5, 5.41) is 0. The van der Waals surface area contributed by atoms with Gasteiger partial charge in [-0.15, -0.1) is 12.4 Å². The fourth-order valence-electron chi connectivity index (χ4n) is 5.22. The number of benzene rings is 2. The largest absolute Gasteiger partial charge is 0.357 e. The molecule has 2 unspecified atom stereocenters. The Kier molecular flexibility index (Phi) is 4.31. The van der Waals surface area contributed by atoms with Crippen molar-refractivity contribution in [1.82, 2.24) is 4.90 Å². The minimum Gasteiger partial charge on any atom is -0.357 e. The molecule has 28 heavy (non-hydrogen) atoms. The van der Waals surface area contributed by atoms with Crippen molar-refractivity contribution in [1.29, 1.82) is 0 Å². The van der Waals surface area contributed by atoms with Gasteiger partial charge in [0.15, 0.2) is 0 Å². The van der Waals surface area contributed by atoms with Crippen molar-refractivity contribution in [3.63, 3.8) is 0 Å². The molecule has 3 heterocycles. The van der Waals surface area contributed by atoms with E-state index in [0.717, 1.165) is 25.9 Å². The quantitative estimate of drug-likeness (QED) is 0.574. The van der Waals surface area contributed by atoms with E-state index in [0.29, 0.717) is 0 Å². The Balaban J connectivity index is 0.00000171. The molecule has 3 aliphatic heterocycles. The highest BCUT2D eigenvalue weighted by molar-refractivity contribution is 6.08. The van der Waals surface area contributed by atoms with Gasteiger partial charge in [-0.25, -0.2) is 0 Å². The molecule has 2 aromatic rings. The number of rotatable bonds is 0. The molecule has 1 aliphatic carbocycles. The second-order valence-corrected chi connectivity index (χ2v) is 8.06. The lowest BCUT2D eigenvalue weighted by atomic mass is 9.85. The highest BCUT2D eigenvalue weighted by atomic mass is 35.5. The maximum Gasteiger partial charge on any atom is 0.103 e. The zero-order valence-electron chi connectivity index (χ0n) is 16.0. The first kappa shape index (κ1) is 17.9. The third-order valence-corrected chi connectivity index (χ3v) is 6.53. The first-order valence-corrected chi connectivity index (χ1v) is 9.99. The van der Waals surface area contributed by atoms with Crippen LogP contribution in [0.15, 0.2) is 66.3 Å². The number of hydrogen-bond donors (Lipinski definition) is 0. The van der Waals surface area contributed by atoms with Crippen molar-refractivity contribution in [2.75, 3.05) is 20.1 Å². The van der Waals surface area contributed by atoms with E-state index >= 15 is 0 Å². The van der Waals surface area contributed by atoms with Crippen molar-refractivity contribution >= 4 is 29.1 Å². The molecule has 0 saturated carbocycles. The lowest BCUT2D eigenvalue weighted by Crippen LogP contribution is -2.27. The van der Waals surface area contributed by atoms with Crippen LogP contribution in [-0.2, 0) is 4.74 Å². The summed E-state index contributed by atoms with van der Waals surface area (Å²) in [7, 11) is 2.23.